The van der Waals surface area contributed by atoms with Crippen molar-refractivity contribution < 1.29 is 26.3 Å². The van der Waals surface area contributed by atoms with Crippen LogP contribution in [0.3, 0.4) is 0 Å². The van der Waals surface area contributed by atoms with Gasteiger partial charge in [-0.25, -0.2) is 0 Å². The Balaban J connectivity index is 1.49. The molecule has 0 saturated heterocycles. The summed E-state index contributed by atoms with van der Waals surface area (Å²) < 4.78 is 145. The van der Waals surface area contributed by atoms with Crippen LogP contribution in [0.2, 0.25) is 0 Å². The van der Waals surface area contributed by atoms with Gasteiger partial charge < -0.3 is 4.42 Å². The quantitative estimate of drug-likeness (QED) is 0.215. The molecule has 182 valence electrons. The summed E-state index contributed by atoms with van der Waals surface area (Å²) in [5, 5.41) is 1.17. The Morgan fingerprint density at radius 2 is 0.872 bits per heavy atom. The fraction of sp³-hybridized carbons (Fsp3) is 0. The van der Waals surface area contributed by atoms with Gasteiger partial charge in [-0.3, -0.25) is 0 Å². The van der Waals surface area contributed by atoms with Gasteiger partial charge in [0.25, 0.3) is 0 Å². The molecule has 0 aliphatic rings. The van der Waals surface area contributed by atoms with E-state index in [0.717, 1.165) is 0 Å². The van der Waals surface area contributed by atoms with Crippen LogP contribution < -0.4 is 0 Å². The number of fused-ring (bicyclic) bond motifs is 5. The molecule has 0 amide bonds. The fourth-order valence-electron chi connectivity index (χ4n) is 5.03. The van der Waals surface area contributed by atoms with Crippen LogP contribution in [0.1, 0.15) is 21.9 Å². The lowest BCUT2D eigenvalue weighted by Gasteiger charge is -2.18. The lowest BCUT2D eigenvalue weighted by Crippen LogP contribution is -1.90. The first-order valence-electron chi connectivity index (χ1n) is 20.1. The van der Waals surface area contributed by atoms with Crippen LogP contribution in [0.15, 0.2) is 150 Å². The van der Waals surface area contributed by atoms with E-state index in [1.165, 1.54) is 0 Å². The predicted octanol–water partition coefficient (Wildman–Crippen LogP) is 10.9. The zero-order valence-corrected chi connectivity index (χ0v) is 20.0. The van der Waals surface area contributed by atoms with Gasteiger partial charge in [0, 0.05) is 10.8 Å². The van der Waals surface area contributed by atoms with E-state index in [1.54, 1.807) is 48.5 Å². The summed E-state index contributed by atoms with van der Waals surface area (Å²) in [7, 11) is 0. The molecule has 0 N–H and O–H groups in total. The van der Waals surface area contributed by atoms with Crippen LogP contribution in [-0.2, 0) is 0 Å². The fourth-order valence-corrected chi connectivity index (χ4v) is 5.03. The third kappa shape index (κ3) is 3.48. The van der Waals surface area contributed by atoms with Gasteiger partial charge in [0.2, 0.25) is 0 Å². The smallest absolute Gasteiger partial charge is 0.135 e. The van der Waals surface area contributed by atoms with Gasteiger partial charge in [-0.15, -0.1) is 0 Å². The third-order valence-corrected chi connectivity index (χ3v) is 6.69. The Hall–Kier alpha value is -5.14. The normalized spacial score (nSPS) is 17.3. The second kappa shape index (κ2) is 8.72. The SMILES string of the molecule is [2H]c1c([2H])c([2H])c(-c2c3ccccc3c(-c3c([2H])c([2H])c(-c4c([2H])c([2H])c5oc6c([2H])c([2H])c([2H])c([2H])c6c5c4[2H])c([2H])c3[2H])c3ccccc23)c([2H])c1[2H]. The molecule has 0 aliphatic heterocycles. The minimum absolute atomic E-state index is 0.0518. The van der Waals surface area contributed by atoms with E-state index >= 15 is 0 Å². The molecule has 39 heavy (non-hydrogen) atoms. The average molecular weight is 513 g/mol. The highest BCUT2D eigenvalue weighted by molar-refractivity contribution is 6.21. The van der Waals surface area contributed by atoms with E-state index < -0.39 is 108 Å². The van der Waals surface area contributed by atoms with Crippen molar-refractivity contribution in [1.82, 2.24) is 0 Å². The maximum absolute atomic E-state index is 9.34. The number of furan rings is 1. The van der Waals surface area contributed by atoms with E-state index in [2.05, 4.69) is 0 Å². The van der Waals surface area contributed by atoms with Gasteiger partial charge in [0.1, 0.15) is 11.2 Å². The summed E-state index contributed by atoms with van der Waals surface area (Å²) in [6, 6.07) is 4.45. The van der Waals surface area contributed by atoms with Crippen LogP contribution in [0.5, 0.6) is 0 Å². The molecule has 7 aromatic carbocycles. The van der Waals surface area contributed by atoms with Crippen molar-refractivity contribution >= 4 is 43.5 Å². The summed E-state index contributed by atoms with van der Waals surface area (Å²) in [5.41, 5.74) is -1.23. The maximum Gasteiger partial charge on any atom is 0.135 e. The van der Waals surface area contributed by atoms with Crippen molar-refractivity contribution in [3.8, 4) is 33.4 Å². The lowest BCUT2D eigenvalue weighted by molar-refractivity contribution is 0.669. The second-order valence-electron chi connectivity index (χ2n) is 8.85. The average Bonchev–Trinajstić information content (AvgIpc) is 3.59. The molecular weight excluding hydrogens is 472 g/mol. The number of hydrogen-bond acceptors (Lipinski definition) is 1. The van der Waals surface area contributed by atoms with Crippen LogP contribution in [0, 0.1) is 0 Å². The molecule has 0 fully saturated rings. The van der Waals surface area contributed by atoms with Crippen molar-refractivity contribution in [2.45, 2.75) is 0 Å². The van der Waals surface area contributed by atoms with E-state index in [0.29, 0.717) is 27.1 Å². The topological polar surface area (TPSA) is 13.1 Å². The molecule has 0 aliphatic carbocycles. The van der Waals surface area contributed by atoms with E-state index in [9.17, 15) is 6.85 Å². The molecule has 0 bridgehead atoms. The van der Waals surface area contributed by atoms with Crippen molar-refractivity contribution in [3.05, 3.63) is 145 Å². The van der Waals surface area contributed by atoms with Gasteiger partial charge in [-0.05, 0) is 73.1 Å². The van der Waals surface area contributed by atoms with Crippen molar-refractivity contribution in [3.63, 3.8) is 0 Å². The Bertz CT molecular complexity index is 2940. The first-order chi connectivity index (χ1) is 26.0. The highest BCUT2D eigenvalue weighted by atomic mass is 16.3. The first kappa shape index (κ1) is 11.3. The minimum Gasteiger partial charge on any atom is -0.456 e. The van der Waals surface area contributed by atoms with Crippen LogP contribution in [0.4, 0.5) is 0 Å². The molecule has 0 spiro atoms. The standard InChI is InChI=1S/C38H24O/c1-2-10-26(11-3-1)37-30-13-4-6-15-32(30)38(33-16-7-5-14-31(33)37)27-20-18-25(19-21-27)28-22-23-36-34(24-28)29-12-8-9-17-35(29)39-36/h1-24H/i1D,2D,3D,8D,9D,10D,11D,12D,17D,18D,19D,20D,21D,22D,23D,24D. The van der Waals surface area contributed by atoms with Crippen LogP contribution in [0.25, 0.3) is 76.9 Å². The molecule has 0 radical (unpaired) electrons. The van der Waals surface area contributed by atoms with E-state index in [1.807, 2.05) is 0 Å². The summed E-state index contributed by atoms with van der Waals surface area (Å²) in [6.07, 6.45) is 0. The third-order valence-electron chi connectivity index (χ3n) is 6.69. The molecule has 1 heteroatoms. The molecule has 8 rings (SSSR count). The monoisotopic (exact) mass is 512 g/mol. The largest absolute Gasteiger partial charge is 0.456 e. The number of benzene rings is 7. The summed E-state index contributed by atoms with van der Waals surface area (Å²) in [4.78, 5) is 0. The number of hydrogen-bond donors (Lipinski definition) is 0. The summed E-state index contributed by atoms with van der Waals surface area (Å²) >= 11 is 0. The van der Waals surface area contributed by atoms with Crippen molar-refractivity contribution in [1.29, 1.82) is 0 Å². The Morgan fingerprint density at radius 1 is 0.385 bits per heavy atom. The molecule has 8 aromatic rings. The summed E-state index contributed by atoms with van der Waals surface area (Å²) in [6.45, 7) is 0. The molecule has 0 saturated carbocycles. The van der Waals surface area contributed by atoms with E-state index in [4.69, 9.17) is 19.5 Å². The Morgan fingerprint density at radius 3 is 1.51 bits per heavy atom. The van der Waals surface area contributed by atoms with Gasteiger partial charge in [0.05, 0.1) is 21.9 Å². The molecule has 0 unspecified atom stereocenters. The van der Waals surface area contributed by atoms with Gasteiger partial charge >= 0.3 is 0 Å². The summed E-state index contributed by atoms with van der Waals surface area (Å²) in [5.74, 6) is 0. The van der Waals surface area contributed by atoms with Gasteiger partial charge in [-0.1, -0.05) is 127 Å². The molecule has 1 aromatic heterocycles. The number of para-hydroxylation sites is 1. The zero-order chi connectivity index (χ0) is 39.7. The minimum atomic E-state index is -0.667. The Labute approximate surface area is 249 Å². The van der Waals surface area contributed by atoms with Crippen molar-refractivity contribution in [2.75, 3.05) is 0 Å². The molecule has 1 nitrogen and oxygen atoms in total. The zero-order valence-electron chi connectivity index (χ0n) is 36.0. The number of rotatable bonds is 3. The van der Waals surface area contributed by atoms with Crippen LogP contribution in [-0.4, -0.2) is 0 Å². The Kier molecular flexibility index (Phi) is 2.53. The molecule has 0 atom stereocenters. The lowest BCUT2D eigenvalue weighted by atomic mass is 9.86. The van der Waals surface area contributed by atoms with E-state index in [-0.39, 0.29) is 38.6 Å². The maximum atomic E-state index is 9.34. The predicted molar refractivity (Wildman–Crippen MR) is 165 cm³/mol. The van der Waals surface area contributed by atoms with Gasteiger partial charge in [0.15, 0.2) is 0 Å². The van der Waals surface area contributed by atoms with Gasteiger partial charge in [-0.2, -0.15) is 0 Å². The molecule has 1 heterocycles. The highest BCUT2D eigenvalue weighted by Crippen LogP contribution is 2.44. The van der Waals surface area contributed by atoms with Crippen LogP contribution >= 0.6 is 0 Å². The second-order valence-corrected chi connectivity index (χ2v) is 8.85. The first-order valence-corrected chi connectivity index (χ1v) is 12.1. The van der Waals surface area contributed by atoms with Crippen molar-refractivity contribution in [2.24, 2.45) is 0 Å². The molecular formula is C38H24O. The highest BCUT2D eigenvalue weighted by Gasteiger charge is 2.16.